The first-order chi connectivity index (χ1) is 14.9. The third-order valence-corrected chi connectivity index (χ3v) is 5.72. The lowest BCUT2D eigenvalue weighted by Crippen LogP contribution is -2.44. The van der Waals surface area contributed by atoms with Crippen molar-refractivity contribution >= 4 is 22.6 Å². The molecule has 2 atom stereocenters. The molecule has 0 radical (unpaired) electrons. The average Bonchev–Trinajstić information content (AvgIpc) is 3.13. The highest BCUT2D eigenvalue weighted by Gasteiger charge is 2.27. The third kappa shape index (κ3) is 4.65. The monoisotopic (exact) mass is 423 g/mol. The van der Waals surface area contributed by atoms with Crippen LogP contribution in [0.15, 0.2) is 42.5 Å². The van der Waals surface area contributed by atoms with Crippen LogP contribution in [0.4, 0.5) is 5.69 Å². The Hall–Kier alpha value is -2.70. The largest absolute Gasteiger partial charge is 0.385 e. The molecule has 166 valence electrons. The van der Waals surface area contributed by atoms with E-state index in [9.17, 15) is 9.90 Å². The number of nitrogens with zero attached hydrogens (tertiary/aromatic N) is 3. The summed E-state index contributed by atoms with van der Waals surface area (Å²) in [6.07, 6.45) is 0.627. The molecule has 2 aromatic carbocycles. The Morgan fingerprint density at radius 1 is 1.19 bits per heavy atom. The zero-order chi connectivity index (χ0) is 22.5. The van der Waals surface area contributed by atoms with Gasteiger partial charge in [-0.1, -0.05) is 44.2 Å². The lowest BCUT2D eigenvalue weighted by atomic mass is 10.0. The van der Waals surface area contributed by atoms with E-state index >= 15 is 0 Å². The lowest BCUT2D eigenvalue weighted by Gasteiger charge is -2.32. The van der Waals surface area contributed by atoms with Crippen LogP contribution in [0.5, 0.6) is 0 Å². The molecular weight excluding hydrogens is 390 g/mol. The molecule has 1 aromatic heterocycles. The summed E-state index contributed by atoms with van der Waals surface area (Å²) in [5, 5.41) is 10.6. The van der Waals surface area contributed by atoms with Crippen molar-refractivity contribution in [2.45, 2.75) is 59.2 Å². The summed E-state index contributed by atoms with van der Waals surface area (Å²) in [6.45, 7) is 8.57. The first-order valence-corrected chi connectivity index (χ1v) is 11.0. The maximum atomic E-state index is 13.8. The number of carbonyl (C=O) groups excluding carboxylic acids is 1. The van der Waals surface area contributed by atoms with Crippen molar-refractivity contribution < 1.29 is 14.6 Å². The molecule has 0 aliphatic heterocycles. The molecule has 1 N–H and O–H groups in total. The molecule has 1 amide bonds. The van der Waals surface area contributed by atoms with Gasteiger partial charge in [-0.15, -0.1) is 0 Å². The van der Waals surface area contributed by atoms with Gasteiger partial charge in [-0.25, -0.2) is 4.98 Å². The second kappa shape index (κ2) is 10.1. The van der Waals surface area contributed by atoms with Gasteiger partial charge in [0.1, 0.15) is 18.5 Å². The van der Waals surface area contributed by atoms with E-state index in [2.05, 4.69) is 18.0 Å². The molecule has 1 heterocycles. The van der Waals surface area contributed by atoms with Crippen molar-refractivity contribution in [3.05, 3.63) is 59.4 Å². The van der Waals surface area contributed by atoms with Gasteiger partial charge >= 0.3 is 0 Å². The Morgan fingerprint density at radius 3 is 2.61 bits per heavy atom. The number of aliphatic hydroxyl groups is 1. The van der Waals surface area contributed by atoms with Crippen LogP contribution in [0, 0.1) is 6.92 Å². The fourth-order valence-electron chi connectivity index (χ4n) is 4.17. The van der Waals surface area contributed by atoms with Crippen molar-refractivity contribution in [3.8, 4) is 0 Å². The quantitative estimate of drug-likeness (QED) is 0.553. The predicted octanol–water partition coefficient (Wildman–Crippen LogP) is 4.42. The van der Waals surface area contributed by atoms with Crippen LogP contribution in [-0.2, 0) is 22.5 Å². The molecular formula is C25H33N3O3. The van der Waals surface area contributed by atoms with Crippen LogP contribution >= 0.6 is 0 Å². The van der Waals surface area contributed by atoms with Crippen LogP contribution in [-0.4, -0.2) is 40.3 Å². The van der Waals surface area contributed by atoms with Gasteiger partial charge in [0.15, 0.2) is 0 Å². The Kier molecular flexibility index (Phi) is 7.46. The number of fused-ring (bicyclic) bond motifs is 1. The Labute approximate surface area is 184 Å². The van der Waals surface area contributed by atoms with Gasteiger partial charge < -0.3 is 19.3 Å². The fraction of sp³-hybridized carbons (Fsp3) is 0.440. The van der Waals surface area contributed by atoms with Crippen molar-refractivity contribution in [3.63, 3.8) is 0 Å². The Bertz CT molecular complexity index is 1040. The molecule has 6 nitrogen and oxygen atoms in total. The number of hydrogen-bond acceptors (Lipinski definition) is 4. The molecule has 0 spiro atoms. The van der Waals surface area contributed by atoms with Gasteiger partial charge in [-0.05, 0) is 49.9 Å². The van der Waals surface area contributed by atoms with Gasteiger partial charge in [0.05, 0.1) is 29.4 Å². The first kappa shape index (κ1) is 23.0. The van der Waals surface area contributed by atoms with E-state index in [0.717, 1.165) is 34.3 Å². The van der Waals surface area contributed by atoms with Gasteiger partial charge in [-0.3, -0.25) is 4.79 Å². The predicted molar refractivity (Wildman–Crippen MR) is 124 cm³/mol. The second-order valence-corrected chi connectivity index (χ2v) is 7.97. The summed E-state index contributed by atoms with van der Waals surface area (Å²) in [4.78, 5) is 20.3. The molecule has 0 aliphatic carbocycles. The number of aromatic nitrogens is 2. The molecule has 0 aliphatic rings. The highest BCUT2D eigenvalue weighted by Crippen LogP contribution is 2.29. The third-order valence-electron chi connectivity index (χ3n) is 5.72. The van der Waals surface area contributed by atoms with Crippen LogP contribution in [0.1, 0.15) is 50.2 Å². The second-order valence-electron chi connectivity index (χ2n) is 7.97. The van der Waals surface area contributed by atoms with Crippen LogP contribution in [0.2, 0.25) is 0 Å². The van der Waals surface area contributed by atoms with E-state index in [4.69, 9.17) is 4.74 Å². The lowest BCUT2D eigenvalue weighted by molar-refractivity contribution is -0.119. The van der Waals surface area contributed by atoms with Crippen molar-refractivity contribution in [1.82, 2.24) is 9.55 Å². The number of rotatable bonds is 9. The summed E-state index contributed by atoms with van der Waals surface area (Å²) in [6, 6.07) is 13.7. The van der Waals surface area contributed by atoms with Gasteiger partial charge in [0, 0.05) is 7.11 Å². The Balaban J connectivity index is 2.09. The zero-order valence-corrected chi connectivity index (χ0v) is 19.1. The number of hydrogen-bond donors (Lipinski definition) is 1. The minimum Gasteiger partial charge on any atom is -0.385 e. The number of carbonyl (C=O) groups is 1. The molecule has 0 saturated heterocycles. The van der Waals surface area contributed by atoms with Crippen molar-refractivity contribution in [2.24, 2.45) is 0 Å². The van der Waals surface area contributed by atoms with E-state index in [-0.39, 0.29) is 18.5 Å². The maximum absolute atomic E-state index is 13.8. The molecule has 3 rings (SSSR count). The van der Waals surface area contributed by atoms with E-state index in [1.165, 1.54) is 0 Å². The summed E-state index contributed by atoms with van der Waals surface area (Å²) < 4.78 is 7.25. The maximum Gasteiger partial charge on any atom is 0.247 e. The number of amides is 1. The topological polar surface area (TPSA) is 67.6 Å². The summed E-state index contributed by atoms with van der Waals surface area (Å²) in [5.41, 5.74) is 4.75. The molecule has 6 heteroatoms. The number of methoxy groups -OCH3 is 1. The number of aryl methyl sites for hydroxylation is 2. The minimum atomic E-state index is -0.727. The first-order valence-electron chi connectivity index (χ1n) is 11.0. The molecule has 3 aromatic rings. The number of benzene rings is 2. The average molecular weight is 424 g/mol. The minimum absolute atomic E-state index is 0.0544. The van der Waals surface area contributed by atoms with Crippen molar-refractivity contribution in [1.29, 1.82) is 0 Å². The molecule has 0 fully saturated rings. The van der Waals surface area contributed by atoms with E-state index in [0.29, 0.717) is 18.9 Å². The standard InChI is InChI=1S/C25H33N3O3/c1-6-19-12-10-11-17(3)24(19)28(18(4)16-31-5)23(30)15-27-21-14-9-8-13-20(21)26-25(27)22(29)7-2/h8-14,18,22,29H,6-7,15-16H2,1-5H3/t18-,22+/m0/s1. The summed E-state index contributed by atoms with van der Waals surface area (Å²) >= 11 is 0. The van der Waals surface area contributed by atoms with E-state index < -0.39 is 6.10 Å². The molecule has 0 bridgehead atoms. The number of ether oxygens (including phenoxy) is 1. The molecule has 0 saturated carbocycles. The number of anilines is 1. The van der Waals surface area contributed by atoms with Crippen molar-refractivity contribution in [2.75, 3.05) is 18.6 Å². The highest BCUT2D eigenvalue weighted by atomic mass is 16.5. The van der Waals surface area contributed by atoms with Gasteiger partial charge in [0.2, 0.25) is 5.91 Å². The van der Waals surface area contributed by atoms with Crippen LogP contribution in [0.3, 0.4) is 0 Å². The SMILES string of the molecule is CCc1cccc(C)c1N(C(=O)Cn1c([C@H](O)CC)nc2ccccc21)[C@@H](C)COC. The smallest absolute Gasteiger partial charge is 0.247 e. The summed E-state index contributed by atoms with van der Waals surface area (Å²) in [7, 11) is 1.65. The van der Waals surface area contributed by atoms with Crippen LogP contribution < -0.4 is 4.90 Å². The van der Waals surface area contributed by atoms with Gasteiger partial charge in [0.25, 0.3) is 0 Å². The molecule has 31 heavy (non-hydrogen) atoms. The number of imidazole rings is 1. The van der Waals surface area contributed by atoms with E-state index in [1.807, 2.05) is 66.6 Å². The molecule has 0 unspecified atom stereocenters. The Morgan fingerprint density at radius 2 is 1.94 bits per heavy atom. The zero-order valence-electron chi connectivity index (χ0n) is 19.1. The summed E-state index contributed by atoms with van der Waals surface area (Å²) in [5.74, 6) is 0.471. The van der Waals surface area contributed by atoms with Gasteiger partial charge in [-0.2, -0.15) is 0 Å². The number of aliphatic hydroxyl groups excluding tert-OH is 1. The number of para-hydroxylation sites is 3. The normalized spacial score (nSPS) is 13.4. The fourth-order valence-corrected chi connectivity index (χ4v) is 4.17. The highest BCUT2D eigenvalue weighted by molar-refractivity contribution is 5.96. The van der Waals surface area contributed by atoms with E-state index in [1.54, 1.807) is 7.11 Å². The van der Waals surface area contributed by atoms with Crippen LogP contribution in [0.25, 0.3) is 11.0 Å².